The van der Waals surface area contributed by atoms with Gasteiger partial charge in [-0.1, -0.05) is 61.8 Å². The summed E-state index contributed by atoms with van der Waals surface area (Å²) in [5.41, 5.74) is 11.8. The third kappa shape index (κ3) is 6.93. The molecule has 7 heteroatoms. The van der Waals surface area contributed by atoms with Crippen LogP contribution >= 0.6 is 11.6 Å². The molecule has 2 heterocycles. The standard InChI is InChI=1S/C23H30ClN3O.C13H10N2/c1-5-27(6-2)13-7-8-16(3)25-23-19-11-9-17(24)14-22(19)26-21-12-10-18(28-4)15-20(21)23;14-13-9-5-1-3-7-11(9)15-12-8-4-2-6-10(12)13/h9-12,14-16H,5-8,13H2,1-4H3,(H,25,26);1-8H,(H2,14,15). The van der Waals surface area contributed by atoms with Crippen molar-refractivity contribution < 1.29 is 4.74 Å². The second kappa shape index (κ2) is 13.9. The molecule has 6 nitrogen and oxygen atoms in total. The molecule has 4 aromatic carbocycles. The number of nitrogen functional groups attached to an aromatic ring is 1. The number of nitrogens with one attached hydrogen (secondary N) is 1. The van der Waals surface area contributed by atoms with Crippen LogP contribution in [0.15, 0.2) is 84.9 Å². The van der Waals surface area contributed by atoms with Crippen molar-refractivity contribution in [3.63, 3.8) is 0 Å². The number of ether oxygens (including phenoxy) is 1. The Morgan fingerprint density at radius 3 is 2.07 bits per heavy atom. The Bertz CT molecular complexity index is 1800. The van der Waals surface area contributed by atoms with Crippen molar-refractivity contribution in [3.05, 3.63) is 90.0 Å². The molecular weight excluding hydrogens is 554 g/mol. The lowest BCUT2D eigenvalue weighted by molar-refractivity contribution is 0.295. The van der Waals surface area contributed by atoms with E-state index in [1.165, 1.54) is 6.42 Å². The zero-order valence-corrected chi connectivity index (χ0v) is 26.2. The Morgan fingerprint density at radius 2 is 1.42 bits per heavy atom. The van der Waals surface area contributed by atoms with Crippen LogP contribution in [0.1, 0.15) is 33.6 Å². The van der Waals surface area contributed by atoms with Gasteiger partial charge in [0.1, 0.15) is 5.75 Å². The van der Waals surface area contributed by atoms with Crippen molar-refractivity contribution in [3.8, 4) is 5.75 Å². The molecule has 43 heavy (non-hydrogen) atoms. The molecule has 0 saturated carbocycles. The van der Waals surface area contributed by atoms with Gasteiger partial charge in [0.15, 0.2) is 0 Å². The average Bonchev–Trinajstić information content (AvgIpc) is 3.03. The molecule has 6 rings (SSSR count). The molecule has 0 aliphatic heterocycles. The quantitative estimate of drug-likeness (QED) is 0.163. The van der Waals surface area contributed by atoms with E-state index in [0.717, 1.165) is 86.8 Å². The lowest BCUT2D eigenvalue weighted by Crippen LogP contribution is -2.25. The van der Waals surface area contributed by atoms with Gasteiger partial charge in [-0.3, -0.25) is 0 Å². The van der Waals surface area contributed by atoms with Gasteiger partial charge in [0.2, 0.25) is 0 Å². The number of nitrogens with two attached hydrogens (primary N) is 1. The van der Waals surface area contributed by atoms with E-state index in [1.54, 1.807) is 7.11 Å². The van der Waals surface area contributed by atoms with E-state index in [4.69, 9.17) is 27.1 Å². The predicted molar refractivity (Wildman–Crippen MR) is 185 cm³/mol. The van der Waals surface area contributed by atoms with Crippen molar-refractivity contribution >= 4 is 66.6 Å². The number of para-hydroxylation sites is 2. The molecule has 0 bridgehead atoms. The summed E-state index contributed by atoms with van der Waals surface area (Å²) in [6.45, 7) is 10.0. The first kappa shape index (κ1) is 30.3. The van der Waals surface area contributed by atoms with Crippen LogP contribution in [0.5, 0.6) is 5.75 Å². The number of anilines is 2. The first-order chi connectivity index (χ1) is 20.9. The molecular formula is C36H40ClN5O. The van der Waals surface area contributed by atoms with Gasteiger partial charge in [-0.05, 0) is 87.9 Å². The summed E-state index contributed by atoms with van der Waals surface area (Å²) in [5.74, 6) is 0.833. The van der Waals surface area contributed by atoms with E-state index in [1.807, 2.05) is 72.8 Å². The number of nitrogens with zero attached hydrogens (tertiary/aromatic N) is 3. The van der Waals surface area contributed by atoms with E-state index >= 15 is 0 Å². The van der Waals surface area contributed by atoms with Gasteiger partial charge in [0.05, 0.1) is 40.6 Å². The number of hydrogen-bond acceptors (Lipinski definition) is 6. The maximum Gasteiger partial charge on any atom is 0.119 e. The first-order valence-electron chi connectivity index (χ1n) is 15.0. The highest BCUT2D eigenvalue weighted by Gasteiger charge is 2.13. The zero-order chi connectivity index (χ0) is 30.3. The van der Waals surface area contributed by atoms with Gasteiger partial charge in [-0.15, -0.1) is 0 Å². The Morgan fingerprint density at radius 1 is 0.791 bits per heavy atom. The second-order valence-corrected chi connectivity index (χ2v) is 11.2. The third-order valence-electron chi connectivity index (χ3n) is 7.97. The predicted octanol–water partition coefficient (Wildman–Crippen LogP) is 8.94. The molecule has 2 aromatic heterocycles. The molecule has 0 aliphatic carbocycles. The summed E-state index contributed by atoms with van der Waals surface area (Å²) in [5, 5.41) is 8.66. The van der Waals surface area contributed by atoms with Gasteiger partial charge in [0, 0.05) is 32.6 Å². The Labute approximate surface area is 258 Å². The van der Waals surface area contributed by atoms with Gasteiger partial charge < -0.3 is 20.7 Å². The fourth-order valence-electron chi connectivity index (χ4n) is 5.53. The molecule has 222 valence electrons. The summed E-state index contributed by atoms with van der Waals surface area (Å²) < 4.78 is 5.45. The van der Waals surface area contributed by atoms with Crippen LogP contribution in [0.25, 0.3) is 43.6 Å². The third-order valence-corrected chi connectivity index (χ3v) is 8.20. The van der Waals surface area contributed by atoms with Crippen LogP contribution < -0.4 is 15.8 Å². The highest BCUT2D eigenvalue weighted by Crippen LogP contribution is 2.35. The number of pyridine rings is 2. The minimum absolute atomic E-state index is 0.353. The lowest BCUT2D eigenvalue weighted by atomic mass is 10.1. The fourth-order valence-corrected chi connectivity index (χ4v) is 5.70. The minimum Gasteiger partial charge on any atom is -0.497 e. The normalized spacial score (nSPS) is 12.0. The molecule has 0 fully saturated rings. The lowest BCUT2D eigenvalue weighted by Gasteiger charge is -2.22. The van der Waals surface area contributed by atoms with Gasteiger partial charge in [-0.25, -0.2) is 9.97 Å². The van der Waals surface area contributed by atoms with Crippen molar-refractivity contribution in [2.24, 2.45) is 0 Å². The van der Waals surface area contributed by atoms with Gasteiger partial charge >= 0.3 is 0 Å². The zero-order valence-electron chi connectivity index (χ0n) is 25.4. The van der Waals surface area contributed by atoms with Crippen LogP contribution in [0.4, 0.5) is 11.4 Å². The van der Waals surface area contributed by atoms with E-state index < -0.39 is 0 Å². The SMILES string of the molecule is CCN(CC)CCCC(C)Nc1c2ccc(Cl)cc2nc2ccc(OC)cc12.Nc1c2ccccc2nc2ccccc12. The number of halogens is 1. The van der Waals surface area contributed by atoms with Crippen molar-refractivity contribution in [2.45, 2.75) is 39.7 Å². The van der Waals surface area contributed by atoms with Crippen molar-refractivity contribution in [1.82, 2.24) is 14.9 Å². The number of hydrogen-bond donors (Lipinski definition) is 2. The summed E-state index contributed by atoms with van der Waals surface area (Å²) in [6, 6.07) is 28.2. The fraction of sp³-hybridized carbons (Fsp3) is 0.278. The van der Waals surface area contributed by atoms with Crippen molar-refractivity contribution in [1.29, 1.82) is 0 Å². The maximum absolute atomic E-state index is 6.22. The second-order valence-electron chi connectivity index (χ2n) is 10.8. The Kier molecular flexibility index (Phi) is 9.80. The number of rotatable bonds is 9. The maximum atomic E-state index is 6.22. The van der Waals surface area contributed by atoms with Crippen LogP contribution in [0.2, 0.25) is 5.02 Å². The van der Waals surface area contributed by atoms with E-state index in [-0.39, 0.29) is 0 Å². The molecule has 1 unspecified atom stereocenters. The molecule has 6 aromatic rings. The molecule has 0 spiro atoms. The van der Waals surface area contributed by atoms with Crippen LogP contribution in [0.3, 0.4) is 0 Å². The number of methoxy groups -OCH3 is 1. The summed E-state index contributed by atoms with van der Waals surface area (Å²) in [7, 11) is 1.69. The molecule has 3 N–H and O–H groups in total. The topological polar surface area (TPSA) is 76.3 Å². The molecule has 0 saturated heterocycles. The Hall–Kier alpha value is -4.13. The largest absolute Gasteiger partial charge is 0.497 e. The van der Waals surface area contributed by atoms with E-state index in [2.05, 4.69) is 48.1 Å². The van der Waals surface area contributed by atoms with Crippen LogP contribution in [-0.2, 0) is 0 Å². The Balaban J connectivity index is 0.000000204. The van der Waals surface area contributed by atoms with Crippen molar-refractivity contribution in [2.75, 3.05) is 37.8 Å². The van der Waals surface area contributed by atoms with E-state index in [0.29, 0.717) is 11.1 Å². The molecule has 0 radical (unpaired) electrons. The number of aromatic nitrogens is 2. The molecule has 0 amide bonds. The molecule has 0 aliphatic rings. The highest BCUT2D eigenvalue weighted by molar-refractivity contribution is 6.31. The monoisotopic (exact) mass is 593 g/mol. The van der Waals surface area contributed by atoms with Gasteiger partial charge in [0.25, 0.3) is 0 Å². The summed E-state index contributed by atoms with van der Waals surface area (Å²) in [6.07, 6.45) is 2.28. The van der Waals surface area contributed by atoms with E-state index in [9.17, 15) is 0 Å². The highest BCUT2D eigenvalue weighted by atomic mass is 35.5. The van der Waals surface area contributed by atoms with Gasteiger partial charge in [-0.2, -0.15) is 0 Å². The van der Waals surface area contributed by atoms with Crippen LogP contribution in [-0.4, -0.2) is 47.7 Å². The smallest absolute Gasteiger partial charge is 0.119 e. The van der Waals surface area contributed by atoms with Crippen LogP contribution in [0, 0.1) is 0 Å². The minimum atomic E-state index is 0.353. The average molecular weight is 594 g/mol. The summed E-state index contributed by atoms with van der Waals surface area (Å²) >= 11 is 6.22. The number of benzene rings is 4. The summed E-state index contributed by atoms with van der Waals surface area (Å²) in [4.78, 5) is 11.8. The first-order valence-corrected chi connectivity index (χ1v) is 15.4. The molecule has 1 atom stereocenters. The number of fused-ring (bicyclic) bond motifs is 4.